The number of hydrogen-bond donors (Lipinski definition) is 0. The number of Topliss-reactive ketones (excluding diaryl/α,β-unsaturated/α-hetero) is 1. The van der Waals surface area contributed by atoms with Crippen molar-refractivity contribution in [3.63, 3.8) is 0 Å². The minimum Gasteiger partial charge on any atom is -0.373 e. The van der Waals surface area contributed by atoms with Crippen molar-refractivity contribution in [1.82, 2.24) is 0 Å². The molecule has 0 aliphatic heterocycles. The zero-order valence-electron chi connectivity index (χ0n) is 11.1. The second-order valence-electron chi connectivity index (χ2n) is 4.35. The summed E-state index contributed by atoms with van der Waals surface area (Å²) < 4.78 is 5.70. The first kappa shape index (κ1) is 13.5. The zero-order chi connectivity index (χ0) is 13.5. The SMILES string of the molecule is CCOC(CC(=O)c1ccccc1)c1ccccc1. The zero-order valence-corrected chi connectivity index (χ0v) is 11.1. The summed E-state index contributed by atoms with van der Waals surface area (Å²) in [6, 6.07) is 19.3. The second-order valence-corrected chi connectivity index (χ2v) is 4.35. The third-order valence-electron chi connectivity index (χ3n) is 3.01. The van der Waals surface area contributed by atoms with E-state index >= 15 is 0 Å². The summed E-state index contributed by atoms with van der Waals surface area (Å²) in [6.07, 6.45) is 0.209. The summed E-state index contributed by atoms with van der Waals surface area (Å²) in [6.45, 7) is 2.55. The van der Waals surface area contributed by atoms with Crippen LogP contribution in [0.2, 0.25) is 0 Å². The van der Waals surface area contributed by atoms with Crippen LogP contribution in [0.3, 0.4) is 0 Å². The molecule has 0 radical (unpaired) electrons. The quantitative estimate of drug-likeness (QED) is 0.727. The molecule has 0 aliphatic carbocycles. The molecule has 0 aromatic heterocycles. The van der Waals surface area contributed by atoms with Gasteiger partial charge in [-0.1, -0.05) is 60.7 Å². The topological polar surface area (TPSA) is 26.3 Å². The van der Waals surface area contributed by atoms with Gasteiger partial charge in [0.15, 0.2) is 5.78 Å². The second kappa shape index (κ2) is 6.86. The van der Waals surface area contributed by atoms with Gasteiger partial charge in [-0.25, -0.2) is 0 Å². The van der Waals surface area contributed by atoms with Gasteiger partial charge in [0, 0.05) is 18.6 Å². The van der Waals surface area contributed by atoms with Crippen molar-refractivity contribution >= 4 is 5.78 Å². The number of hydrogen-bond acceptors (Lipinski definition) is 2. The average molecular weight is 254 g/mol. The Morgan fingerprint density at radius 3 is 2.16 bits per heavy atom. The van der Waals surface area contributed by atoms with Crippen LogP contribution < -0.4 is 0 Å². The Balaban J connectivity index is 2.11. The fourth-order valence-electron chi connectivity index (χ4n) is 2.05. The van der Waals surface area contributed by atoms with Crippen LogP contribution in [0, 0.1) is 0 Å². The van der Waals surface area contributed by atoms with E-state index in [0.29, 0.717) is 13.0 Å². The van der Waals surface area contributed by atoms with E-state index in [1.165, 1.54) is 0 Å². The fourth-order valence-corrected chi connectivity index (χ4v) is 2.05. The monoisotopic (exact) mass is 254 g/mol. The third kappa shape index (κ3) is 3.76. The van der Waals surface area contributed by atoms with Crippen LogP contribution >= 0.6 is 0 Å². The smallest absolute Gasteiger partial charge is 0.165 e. The molecule has 0 saturated heterocycles. The highest BCUT2D eigenvalue weighted by molar-refractivity contribution is 5.96. The highest BCUT2D eigenvalue weighted by Crippen LogP contribution is 2.23. The minimum atomic E-state index is -0.168. The van der Waals surface area contributed by atoms with Gasteiger partial charge >= 0.3 is 0 Å². The van der Waals surface area contributed by atoms with Crippen molar-refractivity contribution in [3.8, 4) is 0 Å². The van der Waals surface area contributed by atoms with E-state index in [4.69, 9.17) is 4.74 Å². The Kier molecular flexibility index (Phi) is 4.87. The molecule has 2 nitrogen and oxygen atoms in total. The number of carbonyl (C=O) groups is 1. The van der Waals surface area contributed by atoms with Crippen LogP contribution in [-0.2, 0) is 4.74 Å². The van der Waals surface area contributed by atoms with Gasteiger partial charge in [0.05, 0.1) is 6.10 Å². The van der Waals surface area contributed by atoms with E-state index < -0.39 is 0 Å². The first-order valence-electron chi connectivity index (χ1n) is 6.56. The molecule has 0 spiro atoms. The van der Waals surface area contributed by atoms with Crippen LogP contribution in [0.1, 0.15) is 35.4 Å². The van der Waals surface area contributed by atoms with E-state index in [-0.39, 0.29) is 11.9 Å². The maximum atomic E-state index is 12.2. The molecule has 19 heavy (non-hydrogen) atoms. The summed E-state index contributed by atoms with van der Waals surface area (Å²) in [7, 11) is 0. The highest BCUT2D eigenvalue weighted by Gasteiger charge is 2.16. The predicted octanol–water partition coefficient (Wildman–Crippen LogP) is 4.04. The van der Waals surface area contributed by atoms with Gasteiger partial charge in [-0.05, 0) is 12.5 Å². The lowest BCUT2D eigenvalue weighted by molar-refractivity contribution is 0.0507. The largest absolute Gasteiger partial charge is 0.373 e. The molecule has 0 amide bonds. The van der Waals surface area contributed by atoms with Crippen LogP contribution in [-0.4, -0.2) is 12.4 Å². The molecule has 0 heterocycles. The molecule has 0 saturated carbocycles. The van der Waals surface area contributed by atoms with E-state index in [1.807, 2.05) is 67.6 Å². The van der Waals surface area contributed by atoms with Gasteiger partial charge < -0.3 is 4.74 Å². The number of ether oxygens (including phenoxy) is 1. The Labute approximate surface area is 114 Å². The van der Waals surface area contributed by atoms with Crippen molar-refractivity contribution in [1.29, 1.82) is 0 Å². The van der Waals surface area contributed by atoms with Gasteiger partial charge in [0.2, 0.25) is 0 Å². The predicted molar refractivity (Wildman–Crippen MR) is 76.2 cm³/mol. The molecule has 98 valence electrons. The van der Waals surface area contributed by atoms with Crippen LogP contribution in [0.25, 0.3) is 0 Å². The van der Waals surface area contributed by atoms with Gasteiger partial charge in [-0.2, -0.15) is 0 Å². The molecular weight excluding hydrogens is 236 g/mol. The van der Waals surface area contributed by atoms with E-state index in [1.54, 1.807) is 0 Å². The highest BCUT2D eigenvalue weighted by atomic mass is 16.5. The van der Waals surface area contributed by atoms with Crippen molar-refractivity contribution < 1.29 is 9.53 Å². The molecule has 1 atom stereocenters. The Morgan fingerprint density at radius 1 is 1.00 bits per heavy atom. The number of carbonyl (C=O) groups excluding carboxylic acids is 1. The number of rotatable bonds is 6. The molecule has 2 heteroatoms. The normalized spacial score (nSPS) is 12.1. The van der Waals surface area contributed by atoms with Crippen LogP contribution in [0.5, 0.6) is 0 Å². The maximum absolute atomic E-state index is 12.2. The van der Waals surface area contributed by atoms with E-state index in [2.05, 4.69) is 0 Å². The summed E-state index contributed by atoms with van der Waals surface area (Å²) in [4.78, 5) is 12.2. The average Bonchev–Trinajstić information content (AvgIpc) is 2.48. The lowest BCUT2D eigenvalue weighted by atomic mass is 10.00. The lowest BCUT2D eigenvalue weighted by Gasteiger charge is -2.16. The Hall–Kier alpha value is -1.93. The van der Waals surface area contributed by atoms with Crippen LogP contribution in [0.15, 0.2) is 60.7 Å². The molecule has 0 N–H and O–H groups in total. The molecule has 2 aromatic rings. The molecule has 0 bridgehead atoms. The molecule has 0 fully saturated rings. The summed E-state index contributed by atoms with van der Waals surface area (Å²) in [5.41, 5.74) is 1.79. The first-order valence-corrected chi connectivity index (χ1v) is 6.56. The first-order chi connectivity index (χ1) is 9.31. The third-order valence-corrected chi connectivity index (χ3v) is 3.01. The van der Waals surface area contributed by atoms with E-state index in [0.717, 1.165) is 11.1 Å². The summed E-state index contributed by atoms with van der Waals surface area (Å²) >= 11 is 0. The van der Waals surface area contributed by atoms with Gasteiger partial charge in [0.1, 0.15) is 0 Å². The maximum Gasteiger partial charge on any atom is 0.165 e. The number of benzene rings is 2. The molecular formula is C17H18O2. The van der Waals surface area contributed by atoms with E-state index in [9.17, 15) is 4.79 Å². The number of ketones is 1. The standard InChI is InChI=1S/C17H18O2/c1-2-19-17(15-11-7-4-8-12-15)13-16(18)14-9-5-3-6-10-14/h3-12,17H,2,13H2,1H3. The molecule has 2 rings (SSSR count). The summed E-state index contributed by atoms with van der Waals surface area (Å²) in [5.74, 6) is 0.114. The molecule has 2 aromatic carbocycles. The molecule has 1 unspecified atom stereocenters. The van der Waals surface area contributed by atoms with Crippen molar-refractivity contribution in [2.75, 3.05) is 6.61 Å². The van der Waals surface area contributed by atoms with Crippen molar-refractivity contribution in [3.05, 3.63) is 71.8 Å². The summed E-state index contributed by atoms with van der Waals surface area (Å²) in [5, 5.41) is 0. The van der Waals surface area contributed by atoms with Gasteiger partial charge in [-0.15, -0.1) is 0 Å². The van der Waals surface area contributed by atoms with Crippen molar-refractivity contribution in [2.45, 2.75) is 19.4 Å². The minimum absolute atomic E-state index is 0.114. The molecule has 0 aliphatic rings. The van der Waals surface area contributed by atoms with Gasteiger partial charge in [0.25, 0.3) is 0 Å². The Bertz CT molecular complexity index is 505. The van der Waals surface area contributed by atoms with Crippen molar-refractivity contribution in [2.24, 2.45) is 0 Å². The Morgan fingerprint density at radius 2 is 1.58 bits per heavy atom. The van der Waals surface area contributed by atoms with Crippen LogP contribution in [0.4, 0.5) is 0 Å². The van der Waals surface area contributed by atoms with Gasteiger partial charge in [-0.3, -0.25) is 4.79 Å². The fraction of sp³-hybridized carbons (Fsp3) is 0.235. The lowest BCUT2D eigenvalue weighted by Crippen LogP contribution is -2.11.